The largest absolute Gasteiger partial charge is 0.372 e. The second kappa shape index (κ2) is 10.7. The van der Waals surface area contributed by atoms with E-state index in [1.165, 1.54) is 24.9 Å². The number of benzene rings is 2. The number of carbonyl (C=O) groups is 1. The fourth-order valence-corrected chi connectivity index (χ4v) is 6.36. The highest BCUT2D eigenvalue weighted by atomic mass is 32.2. The van der Waals surface area contributed by atoms with Crippen molar-refractivity contribution in [3.05, 3.63) is 65.2 Å². The van der Waals surface area contributed by atoms with Gasteiger partial charge in [0.05, 0.1) is 5.75 Å². The first kappa shape index (κ1) is 23.8. The molecule has 0 spiro atoms. The van der Waals surface area contributed by atoms with E-state index in [1.807, 2.05) is 31.2 Å². The fourth-order valence-electron chi connectivity index (χ4n) is 4.81. The van der Waals surface area contributed by atoms with E-state index in [0.29, 0.717) is 32.5 Å². The topological polar surface area (TPSA) is 69.7 Å². The first-order valence-corrected chi connectivity index (χ1v) is 13.7. The number of amides is 1. The van der Waals surface area contributed by atoms with Gasteiger partial charge in [0.25, 0.3) is 0 Å². The van der Waals surface area contributed by atoms with Gasteiger partial charge in [0.2, 0.25) is 15.9 Å². The Balaban J connectivity index is 1.23. The normalized spacial score (nSPS) is 18.3. The summed E-state index contributed by atoms with van der Waals surface area (Å²) >= 11 is 0. The molecule has 0 atom stereocenters. The Bertz CT molecular complexity index is 1040. The lowest BCUT2D eigenvalue weighted by Gasteiger charge is -2.30. The number of hydrogen-bond donors (Lipinski definition) is 1. The number of nitrogens with zero attached hydrogens (tertiary/aromatic N) is 2. The molecule has 2 fully saturated rings. The van der Waals surface area contributed by atoms with Crippen LogP contribution < -0.4 is 10.2 Å². The third-order valence-corrected chi connectivity index (χ3v) is 8.62. The average Bonchev–Trinajstić information content (AvgIpc) is 2.83. The van der Waals surface area contributed by atoms with E-state index in [1.54, 1.807) is 4.31 Å². The molecule has 6 nitrogen and oxygen atoms in total. The Morgan fingerprint density at radius 1 is 0.939 bits per heavy atom. The van der Waals surface area contributed by atoms with Gasteiger partial charge >= 0.3 is 0 Å². The summed E-state index contributed by atoms with van der Waals surface area (Å²) in [5.41, 5.74) is 4.20. The zero-order chi connectivity index (χ0) is 23.3. The Kier molecular flexibility index (Phi) is 7.71. The average molecular weight is 470 g/mol. The van der Waals surface area contributed by atoms with Gasteiger partial charge < -0.3 is 10.2 Å². The van der Waals surface area contributed by atoms with Gasteiger partial charge in [0.15, 0.2) is 0 Å². The fraction of sp³-hybridized carbons (Fsp3) is 0.500. The molecule has 7 heteroatoms. The minimum absolute atomic E-state index is 0.0129. The zero-order valence-corrected chi connectivity index (χ0v) is 20.3. The number of aryl methyl sites for hydroxylation is 1. The molecule has 2 heterocycles. The highest BCUT2D eigenvalue weighted by Gasteiger charge is 2.31. The number of nitrogens with one attached hydrogen (secondary N) is 1. The number of sulfonamides is 1. The van der Waals surface area contributed by atoms with Gasteiger partial charge in [-0.3, -0.25) is 4.79 Å². The van der Waals surface area contributed by atoms with Crippen LogP contribution in [0.25, 0.3) is 0 Å². The molecular weight excluding hydrogens is 434 g/mol. The lowest BCUT2D eigenvalue weighted by Crippen LogP contribution is -2.43. The third-order valence-electron chi connectivity index (χ3n) is 6.77. The first-order valence-electron chi connectivity index (χ1n) is 12.1. The molecule has 1 amide bonds. The van der Waals surface area contributed by atoms with Crippen LogP contribution in [0.3, 0.4) is 0 Å². The summed E-state index contributed by atoms with van der Waals surface area (Å²) in [6.45, 7) is 5.51. The number of hydrogen-bond acceptors (Lipinski definition) is 4. The molecular formula is C26H35N3O3S. The molecule has 0 saturated carbocycles. The van der Waals surface area contributed by atoms with Crippen LogP contribution in [-0.2, 0) is 27.1 Å². The maximum atomic E-state index is 12.8. The van der Waals surface area contributed by atoms with Crippen molar-refractivity contribution in [2.45, 2.75) is 51.3 Å². The van der Waals surface area contributed by atoms with Crippen LogP contribution in [0.1, 0.15) is 48.8 Å². The summed E-state index contributed by atoms with van der Waals surface area (Å²) in [6, 6.07) is 16.1. The maximum Gasteiger partial charge on any atom is 0.223 e. The van der Waals surface area contributed by atoms with E-state index in [4.69, 9.17) is 0 Å². The predicted octanol–water partition coefficient (Wildman–Crippen LogP) is 3.84. The molecule has 4 rings (SSSR count). The maximum absolute atomic E-state index is 12.8. The van der Waals surface area contributed by atoms with Gasteiger partial charge in [-0.25, -0.2) is 12.7 Å². The van der Waals surface area contributed by atoms with Gasteiger partial charge in [-0.05, 0) is 62.3 Å². The van der Waals surface area contributed by atoms with E-state index in [-0.39, 0.29) is 17.6 Å². The lowest BCUT2D eigenvalue weighted by molar-refractivity contribution is -0.126. The van der Waals surface area contributed by atoms with E-state index in [2.05, 4.69) is 34.5 Å². The molecule has 33 heavy (non-hydrogen) atoms. The Labute approximate surface area is 198 Å². The minimum Gasteiger partial charge on any atom is -0.372 e. The van der Waals surface area contributed by atoms with Crippen molar-refractivity contribution in [3.8, 4) is 0 Å². The van der Waals surface area contributed by atoms with Crippen LogP contribution in [0.15, 0.2) is 48.5 Å². The molecule has 0 bridgehead atoms. The van der Waals surface area contributed by atoms with Crippen LogP contribution in [0, 0.1) is 12.8 Å². The molecule has 2 aliphatic rings. The highest BCUT2D eigenvalue weighted by molar-refractivity contribution is 7.88. The monoisotopic (exact) mass is 469 g/mol. The van der Waals surface area contributed by atoms with Crippen molar-refractivity contribution < 1.29 is 13.2 Å². The molecule has 0 aliphatic carbocycles. The van der Waals surface area contributed by atoms with Crippen molar-refractivity contribution in [2.24, 2.45) is 5.92 Å². The summed E-state index contributed by atoms with van der Waals surface area (Å²) in [6.07, 6.45) is 4.95. The Morgan fingerprint density at radius 3 is 2.30 bits per heavy atom. The second-order valence-electron chi connectivity index (χ2n) is 9.35. The van der Waals surface area contributed by atoms with Crippen LogP contribution in [0.2, 0.25) is 0 Å². The summed E-state index contributed by atoms with van der Waals surface area (Å²) in [5.74, 6) is -0.104. The molecule has 178 valence electrons. The second-order valence-corrected chi connectivity index (χ2v) is 11.3. The van der Waals surface area contributed by atoms with Crippen LogP contribution >= 0.6 is 0 Å². The molecule has 2 aromatic carbocycles. The van der Waals surface area contributed by atoms with Gasteiger partial charge in [-0.2, -0.15) is 0 Å². The summed E-state index contributed by atoms with van der Waals surface area (Å²) in [4.78, 5) is 15.1. The van der Waals surface area contributed by atoms with Crippen molar-refractivity contribution >= 4 is 21.6 Å². The van der Waals surface area contributed by atoms with Crippen molar-refractivity contribution in [1.82, 2.24) is 9.62 Å². The smallest absolute Gasteiger partial charge is 0.223 e. The molecule has 0 unspecified atom stereocenters. The quantitative estimate of drug-likeness (QED) is 0.669. The van der Waals surface area contributed by atoms with Gasteiger partial charge in [-0.1, -0.05) is 42.0 Å². The summed E-state index contributed by atoms with van der Waals surface area (Å²) in [7, 11) is -3.37. The number of piperidine rings is 2. The molecule has 2 aliphatic heterocycles. The van der Waals surface area contributed by atoms with E-state index in [9.17, 15) is 13.2 Å². The van der Waals surface area contributed by atoms with Crippen molar-refractivity contribution in [3.63, 3.8) is 0 Å². The highest BCUT2D eigenvalue weighted by Crippen LogP contribution is 2.23. The van der Waals surface area contributed by atoms with Gasteiger partial charge in [-0.15, -0.1) is 0 Å². The first-order chi connectivity index (χ1) is 15.9. The number of rotatable bonds is 7. The molecule has 2 aromatic rings. The molecule has 0 aromatic heterocycles. The van der Waals surface area contributed by atoms with Crippen molar-refractivity contribution in [1.29, 1.82) is 0 Å². The van der Waals surface area contributed by atoms with Gasteiger partial charge in [0, 0.05) is 44.3 Å². The summed E-state index contributed by atoms with van der Waals surface area (Å²) < 4.78 is 27.2. The van der Waals surface area contributed by atoms with E-state index < -0.39 is 10.0 Å². The standard InChI is InChI=1S/C26H35N3O3S/c1-21-6-5-7-23(18-21)20-33(31,32)29-16-12-24(13-17-29)26(30)27-19-22-8-10-25(11-9-22)28-14-3-2-4-15-28/h5-11,18,24H,2-4,12-17,19-20H2,1H3,(H,27,30). The minimum atomic E-state index is -3.37. The van der Waals surface area contributed by atoms with Crippen LogP contribution in [0.5, 0.6) is 0 Å². The van der Waals surface area contributed by atoms with Crippen LogP contribution in [-0.4, -0.2) is 44.8 Å². The summed E-state index contributed by atoms with van der Waals surface area (Å²) in [5, 5.41) is 3.05. The third kappa shape index (κ3) is 6.36. The molecule has 0 radical (unpaired) electrons. The van der Waals surface area contributed by atoms with Crippen molar-refractivity contribution in [2.75, 3.05) is 31.1 Å². The van der Waals surface area contributed by atoms with E-state index >= 15 is 0 Å². The van der Waals surface area contributed by atoms with Gasteiger partial charge in [0.1, 0.15) is 0 Å². The molecule has 1 N–H and O–H groups in total. The SMILES string of the molecule is Cc1cccc(CS(=O)(=O)N2CCC(C(=O)NCc3ccc(N4CCCCC4)cc3)CC2)c1. The lowest BCUT2D eigenvalue weighted by atomic mass is 9.97. The molecule has 2 saturated heterocycles. The number of carbonyl (C=O) groups excluding carboxylic acids is 1. The van der Waals surface area contributed by atoms with E-state index in [0.717, 1.165) is 29.8 Å². The number of anilines is 1. The predicted molar refractivity (Wildman–Crippen MR) is 132 cm³/mol. The van der Waals surface area contributed by atoms with Crippen LogP contribution in [0.4, 0.5) is 5.69 Å². The Hall–Kier alpha value is -2.38. The zero-order valence-electron chi connectivity index (χ0n) is 19.5. The Morgan fingerprint density at radius 2 is 1.64 bits per heavy atom.